The number of nitrogens with zero attached hydrogens (tertiary/aromatic N) is 2. The van der Waals surface area contributed by atoms with Crippen LogP contribution in [0, 0.1) is 0 Å². The lowest BCUT2D eigenvalue weighted by Crippen LogP contribution is -2.45. The van der Waals surface area contributed by atoms with Crippen molar-refractivity contribution in [2.45, 2.75) is 45.1 Å². The Labute approximate surface area is 104 Å². The summed E-state index contributed by atoms with van der Waals surface area (Å²) in [4.78, 5) is 16.4. The van der Waals surface area contributed by atoms with Gasteiger partial charge in [-0.05, 0) is 32.4 Å². The lowest BCUT2D eigenvalue weighted by Gasteiger charge is -2.31. The van der Waals surface area contributed by atoms with E-state index in [9.17, 15) is 4.79 Å². The highest BCUT2D eigenvalue weighted by atomic mass is 16.2. The number of nitrogens with one attached hydrogen (secondary N) is 1. The summed E-state index contributed by atoms with van der Waals surface area (Å²) < 4.78 is 0. The van der Waals surface area contributed by atoms with E-state index in [1.54, 1.807) is 0 Å². The fourth-order valence-electron chi connectivity index (χ4n) is 2.82. The van der Waals surface area contributed by atoms with E-state index in [0.717, 1.165) is 52.0 Å². The predicted molar refractivity (Wildman–Crippen MR) is 69.1 cm³/mol. The van der Waals surface area contributed by atoms with Crippen LogP contribution in [0.2, 0.25) is 0 Å². The standard InChI is InChI=1S/C13H25N3O/c1-2-3-4-9-15-10-11-16(13(15)17)12-5-7-14-8-6-12/h12,14H,2-11H2,1H3. The summed E-state index contributed by atoms with van der Waals surface area (Å²) in [5, 5.41) is 3.35. The highest BCUT2D eigenvalue weighted by Crippen LogP contribution is 2.19. The average Bonchev–Trinajstić information content (AvgIpc) is 2.73. The number of unbranched alkanes of at least 4 members (excludes halogenated alkanes) is 2. The van der Waals surface area contributed by atoms with Crippen LogP contribution in [-0.2, 0) is 0 Å². The number of rotatable bonds is 5. The molecular formula is C13H25N3O. The van der Waals surface area contributed by atoms with Crippen LogP contribution in [-0.4, -0.2) is 54.6 Å². The van der Waals surface area contributed by atoms with Crippen molar-refractivity contribution in [3.63, 3.8) is 0 Å². The molecule has 17 heavy (non-hydrogen) atoms. The molecule has 1 N–H and O–H groups in total. The second-order valence-electron chi connectivity index (χ2n) is 5.15. The van der Waals surface area contributed by atoms with Crippen molar-refractivity contribution >= 4 is 6.03 Å². The fraction of sp³-hybridized carbons (Fsp3) is 0.923. The number of piperidine rings is 1. The number of hydrogen-bond donors (Lipinski definition) is 1. The largest absolute Gasteiger partial charge is 0.323 e. The first kappa shape index (κ1) is 12.7. The van der Waals surface area contributed by atoms with Crippen molar-refractivity contribution in [1.82, 2.24) is 15.1 Å². The first-order valence-electron chi connectivity index (χ1n) is 7.09. The Bertz CT molecular complexity index is 251. The first-order chi connectivity index (χ1) is 8.33. The molecule has 0 aromatic carbocycles. The smallest absolute Gasteiger partial charge is 0.320 e. The molecule has 0 bridgehead atoms. The number of amides is 2. The minimum absolute atomic E-state index is 0.285. The molecule has 2 aliphatic rings. The van der Waals surface area contributed by atoms with Crippen LogP contribution in [0.15, 0.2) is 0 Å². The Morgan fingerprint density at radius 2 is 2.00 bits per heavy atom. The third kappa shape index (κ3) is 3.12. The monoisotopic (exact) mass is 239 g/mol. The number of hydrogen-bond acceptors (Lipinski definition) is 2. The molecule has 2 heterocycles. The topological polar surface area (TPSA) is 35.6 Å². The fourth-order valence-corrected chi connectivity index (χ4v) is 2.82. The second-order valence-corrected chi connectivity index (χ2v) is 5.15. The Kier molecular flexibility index (Phi) is 4.66. The van der Waals surface area contributed by atoms with Crippen LogP contribution in [0.25, 0.3) is 0 Å². The van der Waals surface area contributed by atoms with E-state index >= 15 is 0 Å². The summed E-state index contributed by atoms with van der Waals surface area (Å²) in [7, 11) is 0. The lowest BCUT2D eigenvalue weighted by atomic mass is 10.1. The number of carbonyl (C=O) groups is 1. The zero-order chi connectivity index (χ0) is 12.1. The van der Waals surface area contributed by atoms with E-state index in [1.165, 1.54) is 12.8 Å². The van der Waals surface area contributed by atoms with Gasteiger partial charge in [-0.15, -0.1) is 0 Å². The Hall–Kier alpha value is -0.770. The zero-order valence-electron chi connectivity index (χ0n) is 11.0. The molecule has 0 unspecified atom stereocenters. The van der Waals surface area contributed by atoms with Gasteiger partial charge < -0.3 is 15.1 Å². The van der Waals surface area contributed by atoms with Gasteiger partial charge in [-0.2, -0.15) is 0 Å². The molecule has 0 saturated carbocycles. The van der Waals surface area contributed by atoms with E-state index in [0.29, 0.717) is 6.04 Å². The molecule has 0 atom stereocenters. The molecule has 0 aliphatic carbocycles. The summed E-state index contributed by atoms with van der Waals surface area (Å²) in [6, 6.07) is 0.771. The highest BCUT2D eigenvalue weighted by molar-refractivity contribution is 5.76. The van der Waals surface area contributed by atoms with E-state index in [-0.39, 0.29) is 6.03 Å². The van der Waals surface area contributed by atoms with E-state index in [2.05, 4.69) is 17.1 Å². The lowest BCUT2D eigenvalue weighted by molar-refractivity contribution is 0.165. The van der Waals surface area contributed by atoms with Gasteiger partial charge in [0, 0.05) is 25.7 Å². The molecule has 2 fully saturated rings. The SMILES string of the molecule is CCCCCN1CCN(C2CCNCC2)C1=O. The molecule has 4 nitrogen and oxygen atoms in total. The van der Waals surface area contributed by atoms with Crippen LogP contribution >= 0.6 is 0 Å². The highest BCUT2D eigenvalue weighted by Gasteiger charge is 2.33. The van der Waals surface area contributed by atoms with Crippen LogP contribution < -0.4 is 5.32 Å². The van der Waals surface area contributed by atoms with Gasteiger partial charge in [-0.3, -0.25) is 0 Å². The minimum Gasteiger partial charge on any atom is -0.323 e. The van der Waals surface area contributed by atoms with Gasteiger partial charge in [0.05, 0.1) is 0 Å². The summed E-state index contributed by atoms with van der Waals surface area (Å²) in [5.74, 6) is 0. The van der Waals surface area contributed by atoms with Crippen LogP contribution in [0.4, 0.5) is 4.79 Å². The molecule has 0 radical (unpaired) electrons. The van der Waals surface area contributed by atoms with Crippen molar-refractivity contribution in [1.29, 1.82) is 0 Å². The maximum atomic E-state index is 12.2. The Morgan fingerprint density at radius 3 is 2.71 bits per heavy atom. The first-order valence-corrected chi connectivity index (χ1v) is 7.09. The number of carbonyl (C=O) groups excluding carboxylic acids is 1. The quantitative estimate of drug-likeness (QED) is 0.741. The summed E-state index contributed by atoms with van der Waals surface area (Å²) in [6.07, 6.45) is 5.85. The van der Waals surface area contributed by atoms with Crippen molar-refractivity contribution in [2.24, 2.45) is 0 Å². The molecule has 2 aliphatic heterocycles. The molecule has 0 aromatic heterocycles. The molecule has 2 rings (SSSR count). The second kappa shape index (κ2) is 6.24. The predicted octanol–water partition coefficient (Wildman–Crippen LogP) is 1.67. The molecule has 98 valence electrons. The van der Waals surface area contributed by atoms with Crippen LogP contribution in [0.1, 0.15) is 39.0 Å². The van der Waals surface area contributed by atoms with Gasteiger partial charge in [-0.25, -0.2) is 4.79 Å². The third-order valence-electron chi connectivity index (χ3n) is 3.91. The van der Waals surface area contributed by atoms with Gasteiger partial charge >= 0.3 is 6.03 Å². The van der Waals surface area contributed by atoms with Gasteiger partial charge in [0.25, 0.3) is 0 Å². The van der Waals surface area contributed by atoms with Gasteiger partial charge in [0.15, 0.2) is 0 Å². The van der Waals surface area contributed by atoms with Crippen molar-refractivity contribution in [3.8, 4) is 0 Å². The molecular weight excluding hydrogens is 214 g/mol. The summed E-state index contributed by atoms with van der Waals surface area (Å²) >= 11 is 0. The summed E-state index contributed by atoms with van der Waals surface area (Å²) in [5.41, 5.74) is 0. The molecule has 0 spiro atoms. The maximum Gasteiger partial charge on any atom is 0.320 e. The van der Waals surface area contributed by atoms with Gasteiger partial charge in [0.1, 0.15) is 0 Å². The molecule has 2 saturated heterocycles. The van der Waals surface area contributed by atoms with Crippen LogP contribution in [0.3, 0.4) is 0 Å². The molecule has 0 aromatic rings. The number of urea groups is 1. The van der Waals surface area contributed by atoms with E-state index in [4.69, 9.17) is 0 Å². The van der Waals surface area contributed by atoms with Gasteiger partial charge in [0.2, 0.25) is 0 Å². The van der Waals surface area contributed by atoms with E-state index < -0.39 is 0 Å². The van der Waals surface area contributed by atoms with E-state index in [1.807, 2.05) is 4.90 Å². The normalized spacial score (nSPS) is 22.5. The molecule has 2 amide bonds. The third-order valence-corrected chi connectivity index (χ3v) is 3.91. The Morgan fingerprint density at radius 1 is 1.24 bits per heavy atom. The van der Waals surface area contributed by atoms with Gasteiger partial charge in [-0.1, -0.05) is 19.8 Å². The van der Waals surface area contributed by atoms with Crippen LogP contribution in [0.5, 0.6) is 0 Å². The van der Waals surface area contributed by atoms with Crippen molar-refractivity contribution in [2.75, 3.05) is 32.7 Å². The summed E-state index contributed by atoms with van der Waals surface area (Å²) in [6.45, 7) is 7.15. The van der Waals surface area contributed by atoms with Crippen molar-refractivity contribution < 1.29 is 4.79 Å². The van der Waals surface area contributed by atoms with Crippen molar-refractivity contribution in [3.05, 3.63) is 0 Å². The Balaban J connectivity index is 1.79. The maximum absolute atomic E-state index is 12.2. The average molecular weight is 239 g/mol. The zero-order valence-corrected chi connectivity index (χ0v) is 11.0. The minimum atomic E-state index is 0.285. The molecule has 4 heteroatoms.